The molecule has 0 aliphatic heterocycles. The zero-order valence-corrected chi connectivity index (χ0v) is 8.87. The lowest BCUT2D eigenvalue weighted by Gasteiger charge is -2.09. The Labute approximate surface area is 89.6 Å². The van der Waals surface area contributed by atoms with Crippen molar-refractivity contribution < 1.29 is 5.11 Å². The van der Waals surface area contributed by atoms with E-state index in [0.717, 1.165) is 24.1 Å². The third-order valence-corrected chi connectivity index (χ3v) is 2.85. The summed E-state index contributed by atoms with van der Waals surface area (Å²) in [7, 11) is 0. The quantitative estimate of drug-likeness (QED) is 0.706. The monoisotopic (exact) mass is 207 g/mol. The van der Waals surface area contributed by atoms with Crippen LogP contribution in [0.1, 0.15) is 36.3 Å². The Balaban J connectivity index is 2.35. The first kappa shape index (κ1) is 10.4. The van der Waals surface area contributed by atoms with Crippen LogP contribution in [0.4, 0.5) is 5.82 Å². The fourth-order valence-electron chi connectivity index (χ4n) is 2.06. The fraction of sp³-hybridized carbons (Fsp3) is 0.636. The van der Waals surface area contributed by atoms with E-state index in [1.165, 1.54) is 19.3 Å². The lowest BCUT2D eigenvalue weighted by molar-refractivity contribution is 0.296. The summed E-state index contributed by atoms with van der Waals surface area (Å²) in [5.41, 5.74) is 8.14. The molecule has 0 spiro atoms. The lowest BCUT2D eigenvalue weighted by Crippen LogP contribution is -2.09. The number of aromatic nitrogens is 2. The number of rotatable bonds is 2. The summed E-state index contributed by atoms with van der Waals surface area (Å²) < 4.78 is 0. The molecule has 2 rings (SSSR count). The van der Waals surface area contributed by atoms with E-state index < -0.39 is 0 Å². The Morgan fingerprint density at radius 3 is 2.73 bits per heavy atom. The summed E-state index contributed by atoms with van der Waals surface area (Å²) >= 11 is 0. The van der Waals surface area contributed by atoms with E-state index >= 15 is 0 Å². The minimum absolute atomic E-state index is 0.0816. The van der Waals surface area contributed by atoms with Gasteiger partial charge in [-0.3, -0.25) is 0 Å². The number of aliphatic hydroxyl groups excluding tert-OH is 1. The molecule has 4 nitrogen and oxygen atoms in total. The van der Waals surface area contributed by atoms with Gasteiger partial charge in [0.15, 0.2) is 0 Å². The second-order valence-electron chi connectivity index (χ2n) is 3.98. The highest BCUT2D eigenvalue weighted by Gasteiger charge is 2.14. The molecule has 0 saturated heterocycles. The van der Waals surface area contributed by atoms with Gasteiger partial charge in [-0.25, -0.2) is 9.97 Å². The van der Waals surface area contributed by atoms with Crippen molar-refractivity contribution in [2.45, 2.75) is 38.5 Å². The number of aryl methyl sites for hydroxylation is 1. The molecule has 0 fully saturated rings. The van der Waals surface area contributed by atoms with Crippen molar-refractivity contribution in [1.82, 2.24) is 9.97 Å². The largest absolute Gasteiger partial charge is 0.396 e. The van der Waals surface area contributed by atoms with E-state index in [1.807, 2.05) is 0 Å². The molecule has 4 heteroatoms. The lowest BCUT2D eigenvalue weighted by atomic mass is 10.1. The highest BCUT2D eigenvalue weighted by atomic mass is 16.3. The molecule has 1 aliphatic rings. The molecule has 1 aromatic rings. The van der Waals surface area contributed by atoms with Gasteiger partial charge in [0.1, 0.15) is 11.6 Å². The number of nitrogen functional groups attached to an aromatic ring is 1. The first-order valence-corrected chi connectivity index (χ1v) is 5.56. The summed E-state index contributed by atoms with van der Waals surface area (Å²) in [6, 6.07) is 0. The SMILES string of the molecule is Nc1nc(CCO)nc2c1CCCCC2. The topological polar surface area (TPSA) is 72.0 Å². The maximum atomic E-state index is 8.85. The van der Waals surface area contributed by atoms with Crippen molar-refractivity contribution in [3.05, 3.63) is 17.1 Å². The molecular formula is C11H17N3O. The third-order valence-electron chi connectivity index (χ3n) is 2.85. The first-order chi connectivity index (χ1) is 7.31. The molecule has 15 heavy (non-hydrogen) atoms. The zero-order valence-electron chi connectivity index (χ0n) is 8.87. The average molecular weight is 207 g/mol. The van der Waals surface area contributed by atoms with E-state index in [1.54, 1.807) is 0 Å². The van der Waals surface area contributed by atoms with Gasteiger partial charge in [0, 0.05) is 17.7 Å². The van der Waals surface area contributed by atoms with Crippen LogP contribution in [0.25, 0.3) is 0 Å². The molecule has 82 valence electrons. The molecule has 0 radical (unpaired) electrons. The van der Waals surface area contributed by atoms with Gasteiger partial charge in [0.25, 0.3) is 0 Å². The number of fused-ring (bicyclic) bond motifs is 1. The van der Waals surface area contributed by atoms with Gasteiger partial charge < -0.3 is 10.8 Å². The molecule has 0 aromatic carbocycles. The van der Waals surface area contributed by atoms with E-state index in [9.17, 15) is 0 Å². The van der Waals surface area contributed by atoms with E-state index in [-0.39, 0.29) is 6.61 Å². The number of anilines is 1. The van der Waals surface area contributed by atoms with Crippen molar-refractivity contribution >= 4 is 5.82 Å². The van der Waals surface area contributed by atoms with E-state index in [0.29, 0.717) is 18.1 Å². The maximum Gasteiger partial charge on any atom is 0.133 e. The van der Waals surface area contributed by atoms with Crippen molar-refractivity contribution in [3.63, 3.8) is 0 Å². The Morgan fingerprint density at radius 1 is 1.13 bits per heavy atom. The van der Waals surface area contributed by atoms with Crippen LogP contribution in [0.3, 0.4) is 0 Å². The van der Waals surface area contributed by atoms with Crippen molar-refractivity contribution in [1.29, 1.82) is 0 Å². The Morgan fingerprint density at radius 2 is 1.93 bits per heavy atom. The number of aliphatic hydroxyl groups is 1. The van der Waals surface area contributed by atoms with Crippen molar-refractivity contribution in [2.75, 3.05) is 12.3 Å². The molecule has 0 bridgehead atoms. The van der Waals surface area contributed by atoms with Crippen LogP contribution in [0.2, 0.25) is 0 Å². The number of nitrogens with two attached hydrogens (primary N) is 1. The Hall–Kier alpha value is -1.16. The minimum Gasteiger partial charge on any atom is -0.396 e. The molecule has 0 unspecified atom stereocenters. The van der Waals surface area contributed by atoms with E-state index in [2.05, 4.69) is 9.97 Å². The predicted molar refractivity (Wildman–Crippen MR) is 58.5 cm³/mol. The summed E-state index contributed by atoms with van der Waals surface area (Å²) in [6.45, 7) is 0.0816. The minimum atomic E-state index is 0.0816. The van der Waals surface area contributed by atoms with Gasteiger partial charge in [-0.1, -0.05) is 6.42 Å². The summed E-state index contributed by atoms with van der Waals surface area (Å²) in [5, 5.41) is 8.85. The smallest absolute Gasteiger partial charge is 0.133 e. The predicted octanol–water partition coefficient (Wildman–Crippen LogP) is 0.862. The first-order valence-electron chi connectivity index (χ1n) is 5.56. The van der Waals surface area contributed by atoms with Gasteiger partial charge in [0.2, 0.25) is 0 Å². The molecule has 1 aromatic heterocycles. The second-order valence-corrected chi connectivity index (χ2v) is 3.98. The number of hydrogen-bond donors (Lipinski definition) is 2. The normalized spacial score (nSPS) is 15.8. The summed E-state index contributed by atoms with van der Waals surface area (Å²) in [6.07, 6.45) is 6.10. The second kappa shape index (κ2) is 4.57. The van der Waals surface area contributed by atoms with Crippen LogP contribution >= 0.6 is 0 Å². The molecule has 1 heterocycles. The average Bonchev–Trinajstić information content (AvgIpc) is 2.43. The van der Waals surface area contributed by atoms with Gasteiger partial charge in [-0.05, 0) is 25.7 Å². The number of hydrogen-bond acceptors (Lipinski definition) is 4. The highest BCUT2D eigenvalue weighted by Crippen LogP contribution is 2.22. The zero-order chi connectivity index (χ0) is 10.7. The molecule has 3 N–H and O–H groups in total. The number of nitrogens with zero attached hydrogens (tertiary/aromatic N) is 2. The molecule has 1 aliphatic carbocycles. The van der Waals surface area contributed by atoms with E-state index in [4.69, 9.17) is 10.8 Å². The Bertz CT molecular complexity index is 352. The fourth-order valence-corrected chi connectivity index (χ4v) is 2.06. The van der Waals surface area contributed by atoms with Crippen LogP contribution < -0.4 is 5.73 Å². The van der Waals surface area contributed by atoms with Crippen LogP contribution in [-0.2, 0) is 19.3 Å². The summed E-state index contributed by atoms with van der Waals surface area (Å²) in [4.78, 5) is 8.70. The van der Waals surface area contributed by atoms with Gasteiger partial charge in [-0.15, -0.1) is 0 Å². The van der Waals surface area contributed by atoms with Gasteiger partial charge in [0.05, 0.1) is 6.61 Å². The van der Waals surface area contributed by atoms with Crippen LogP contribution in [-0.4, -0.2) is 21.7 Å². The molecule has 0 saturated carbocycles. The summed E-state index contributed by atoms with van der Waals surface area (Å²) in [5.74, 6) is 1.29. The van der Waals surface area contributed by atoms with Gasteiger partial charge >= 0.3 is 0 Å². The van der Waals surface area contributed by atoms with Crippen LogP contribution in [0.15, 0.2) is 0 Å². The van der Waals surface area contributed by atoms with Crippen LogP contribution in [0, 0.1) is 0 Å². The molecule has 0 atom stereocenters. The van der Waals surface area contributed by atoms with Crippen molar-refractivity contribution in [3.8, 4) is 0 Å². The van der Waals surface area contributed by atoms with Gasteiger partial charge in [-0.2, -0.15) is 0 Å². The third kappa shape index (κ3) is 2.26. The standard InChI is InChI=1S/C11H17N3O/c12-11-8-4-2-1-3-5-9(8)13-10(14-11)6-7-15/h15H,1-7H2,(H2,12,13,14). The Kier molecular flexibility index (Phi) is 3.16. The van der Waals surface area contributed by atoms with Crippen LogP contribution in [0.5, 0.6) is 0 Å². The highest BCUT2D eigenvalue weighted by molar-refractivity contribution is 5.43. The van der Waals surface area contributed by atoms with Crippen molar-refractivity contribution in [2.24, 2.45) is 0 Å². The maximum absolute atomic E-state index is 8.85. The molecule has 0 amide bonds. The molecular weight excluding hydrogens is 190 g/mol.